The molecule has 0 aromatic carbocycles. The molecule has 0 atom stereocenters. The minimum atomic E-state index is -1.63. The summed E-state index contributed by atoms with van der Waals surface area (Å²) in [5.41, 5.74) is 0. The second-order valence-corrected chi connectivity index (χ2v) is 4.59. The average Bonchev–Trinajstić information content (AvgIpc) is 2.32. The average molecular weight is 357 g/mol. The Bertz CT molecular complexity index is 208. The number of carbonyl (C=O) groups excluding carboxylic acids is 2. The molecule has 0 aromatic rings. The van der Waals surface area contributed by atoms with Crippen LogP contribution in [0.1, 0.15) is 78.1 Å². The first-order chi connectivity index (χ1) is 9.04. The molecule has 0 aliphatic carbocycles. The van der Waals surface area contributed by atoms with E-state index in [9.17, 15) is 19.8 Å². The fraction of sp³-hybridized carbons (Fsp3) is 0.800. The first-order valence-electron chi connectivity index (χ1n) is 7.22. The number of unbranched alkanes of at least 4 members (excludes halogenated alkanes) is 9. The van der Waals surface area contributed by atoms with Gasteiger partial charge in [0.2, 0.25) is 0 Å². The van der Waals surface area contributed by atoms with Crippen LogP contribution in [0.15, 0.2) is 0 Å². The molecule has 0 heterocycles. The maximum absolute atomic E-state index is 9.28. The van der Waals surface area contributed by atoms with Crippen LogP contribution in [0.25, 0.3) is 0 Å². The maximum Gasteiger partial charge on any atom is 1.00 e. The Morgan fingerprint density at radius 2 is 1.18 bits per heavy atom. The smallest absolute Gasteiger partial charge is 0.550 e. The van der Waals surface area contributed by atoms with E-state index in [1.54, 1.807) is 0 Å². The number of carbonyl (C=O) groups is 2. The summed E-state index contributed by atoms with van der Waals surface area (Å²) in [5, 5.41) is 18.6. The molecule has 0 amide bonds. The van der Waals surface area contributed by atoms with Crippen LogP contribution < -0.4 is 132 Å². The molecule has 4 nitrogen and oxygen atoms in total. The van der Waals surface area contributed by atoms with Crippen molar-refractivity contribution in [3.05, 3.63) is 6.42 Å². The second kappa shape index (κ2) is 31.6. The molecule has 0 fully saturated rings. The fourth-order valence-electron chi connectivity index (χ4n) is 1.60. The van der Waals surface area contributed by atoms with Crippen molar-refractivity contribution in [2.75, 3.05) is 0 Å². The minimum absolute atomic E-state index is 0. The van der Waals surface area contributed by atoms with E-state index in [2.05, 4.69) is 20.3 Å². The molecule has 0 aliphatic heterocycles. The third kappa shape index (κ3) is 43.4. The largest absolute Gasteiger partial charge is 1.00 e. The molecule has 0 bridgehead atoms. The van der Waals surface area contributed by atoms with E-state index >= 15 is 0 Å². The first kappa shape index (κ1) is 35.8. The van der Waals surface area contributed by atoms with Crippen LogP contribution in [0.2, 0.25) is 0 Å². The summed E-state index contributed by atoms with van der Waals surface area (Å²) in [6.45, 7) is 4.43. The molecule has 0 aromatic heterocycles. The molecule has 114 valence electrons. The molecule has 0 radical (unpaired) electrons. The van der Waals surface area contributed by atoms with Crippen LogP contribution >= 0.6 is 0 Å². The predicted octanol–water partition coefficient (Wildman–Crippen LogP) is -7.37. The maximum atomic E-state index is 9.28. The molecule has 22 heavy (non-hydrogen) atoms. The van der Waals surface area contributed by atoms with Gasteiger partial charge in [0.05, 0.1) is 0 Å². The Morgan fingerprint density at radius 1 is 0.818 bits per heavy atom. The van der Waals surface area contributed by atoms with E-state index in [-0.39, 0.29) is 122 Å². The van der Waals surface area contributed by atoms with E-state index in [1.165, 1.54) is 57.8 Å². The number of aliphatic carboxylic acids is 2. The van der Waals surface area contributed by atoms with Gasteiger partial charge in [-0.3, -0.25) is 0 Å². The molecule has 0 rings (SSSR count). The standard InChI is InChI=1S/C12H25.C3H4O4.2K.Li/c1-3-5-7-9-11-12-10-8-6-4-2;4-2(5)1-3(6)7;;;/h3H,4-12H2,1-2H3;1H2,(H,4,5)(H,6,7);;;/q-1;;3*+1/p-2. The summed E-state index contributed by atoms with van der Waals surface area (Å²) < 4.78 is 0. The molecule has 0 saturated carbocycles. The SMILES string of the molecule is C[CH-]CCCCCCCCCC.O=C([O-])CC(=O)[O-].[K+].[K+].[Li+]. The van der Waals surface area contributed by atoms with Crippen molar-refractivity contribution in [1.29, 1.82) is 0 Å². The number of carboxylic acid groups (broad SMARTS) is 2. The van der Waals surface area contributed by atoms with Gasteiger partial charge in [0, 0.05) is 18.4 Å². The molecule has 7 heteroatoms. The van der Waals surface area contributed by atoms with E-state index in [0.717, 1.165) is 0 Å². The number of hydrogen-bond donors (Lipinski definition) is 0. The van der Waals surface area contributed by atoms with Gasteiger partial charge in [0.25, 0.3) is 0 Å². The third-order valence-electron chi connectivity index (χ3n) is 2.64. The number of hydrogen-bond acceptors (Lipinski definition) is 4. The van der Waals surface area contributed by atoms with Crippen molar-refractivity contribution >= 4 is 11.9 Å². The van der Waals surface area contributed by atoms with E-state index in [1.807, 2.05) is 0 Å². The van der Waals surface area contributed by atoms with Crippen molar-refractivity contribution in [3.8, 4) is 0 Å². The predicted molar refractivity (Wildman–Crippen MR) is 71.8 cm³/mol. The van der Waals surface area contributed by atoms with Crippen molar-refractivity contribution in [2.24, 2.45) is 0 Å². The molecule has 0 aliphatic rings. The Hall–Kier alpha value is 2.81. The van der Waals surface area contributed by atoms with Gasteiger partial charge in [0.1, 0.15) is 0 Å². The molecule has 0 saturated heterocycles. The molecular weight excluding hydrogens is 329 g/mol. The minimum Gasteiger partial charge on any atom is -0.550 e. The van der Waals surface area contributed by atoms with Crippen molar-refractivity contribution in [3.63, 3.8) is 0 Å². The second-order valence-electron chi connectivity index (χ2n) is 4.59. The van der Waals surface area contributed by atoms with E-state index < -0.39 is 18.4 Å². The zero-order chi connectivity index (χ0) is 14.9. The summed E-state index contributed by atoms with van der Waals surface area (Å²) >= 11 is 0. The summed E-state index contributed by atoms with van der Waals surface area (Å²) in [6.07, 6.45) is 14.0. The summed E-state index contributed by atoms with van der Waals surface area (Å²) in [5.74, 6) is -3.25. The normalized spacial score (nSPS) is 8.27. The van der Waals surface area contributed by atoms with Gasteiger partial charge in [-0.05, 0) is 0 Å². The third-order valence-corrected chi connectivity index (χ3v) is 2.64. The van der Waals surface area contributed by atoms with Gasteiger partial charge >= 0.3 is 122 Å². The fourth-order valence-corrected chi connectivity index (χ4v) is 1.60. The van der Waals surface area contributed by atoms with Crippen molar-refractivity contribution < 1.29 is 141 Å². The molecule has 0 spiro atoms. The van der Waals surface area contributed by atoms with Gasteiger partial charge in [-0.2, -0.15) is 13.3 Å². The topological polar surface area (TPSA) is 80.3 Å². The van der Waals surface area contributed by atoms with Crippen molar-refractivity contribution in [1.82, 2.24) is 0 Å². The van der Waals surface area contributed by atoms with Crippen LogP contribution in [0, 0.1) is 6.42 Å². The number of carboxylic acids is 2. The number of rotatable bonds is 11. The van der Waals surface area contributed by atoms with Gasteiger partial charge in [0.15, 0.2) is 0 Å². The Morgan fingerprint density at radius 3 is 1.45 bits per heavy atom. The van der Waals surface area contributed by atoms with Gasteiger partial charge in [-0.25, -0.2) is 0 Å². The molecule has 0 unspecified atom stereocenters. The summed E-state index contributed by atoms with van der Waals surface area (Å²) in [4.78, 5) is 18.6. The van der Waals surface area contributed by atoms with Crippen LogP contribution in [0.3, 0.4) is 0 Å². The Labute approximate surface area is 233 Å². The zero-order valence-electron chi connectivity index (χ0n) is 15.3. The monoisotopic (exact) mass is 356 g/mol. The summed E-state index contributed by atoms with van der Waals surface area (Å²) in [7, 11) is 0. The Balaban J connectivity index is -0.0000000850. The zero-order valence-corrected chi connectivity index (χ0v) is 21.5. The van der Waals surface area contributed by atoms with Crippen molar-refractivity contribution in [2.45, 2.75) is 78.1 Å². The van der Waals surface area contributed by atoms with Gasteiger partial charge in [-0.15, -0.1) is 0 Å². The van der Waals surface area contributed by atoms with E-state index in [0.29, 0.717) is 0 Å². The van der Waals surface area contributed by atoms with Gasteiger partial charge < -0.3 is 26.2 Å². The van der Waals surface area contributed by atoms with Crippen LogP contribution in [0.4, 0.5) is 0 Å². The summed E-state index contributed by atoms with van der Waals surface area (Å²) in [6, 6.07) is 0. The molecule has 0 N–H and O–H groups in total. The molecular formula is C15H27K2LiO4. The van der Waals surface area contributed by atoms with Crippen LogP contribution in [-0.4, -0.2) is 11.9 Å². The van der Waals surface area contributed by atoms with Crippen LogP contribution in [-0.2, 0) is 9.59 Å². The van der Waals surface area contributed by atoms with Crippen LogP contribution in [0.5, 0.6) is 0 Å². The van der Waals surface area contributed by atoms with E-state index in [4.69, 9.17) is 0 Å². The quantitative estimate of drug-likeness (QED) is 0.159. The first-order valence-corrected chi connectivity index (χ1v) is 7.22. The Kier molecular flexibility index (Phi) is 51.4. The van der Waals surface area contributed by atoms with Gasteiger partial charge in [-0.1, -0.05) is 58.3 Å².